The van der Waals surface area contributed by atoms with Gasteiger partial charge in [-0.1, -0.05) is 24.3 Å². The van der Waals surface area contributed by atoms with Gasteiger partial charge in [0.05, 0.1) is 11.7 Å². The highest BCUT2D eigenvalue weighted by Crippen LogP contribution is 2.54. The molecule has 4 atom stereocenters. The molecule has 3 aliphatic heterocycles. The molecule has 1 aromatic rings. The van der Waals surface area contributed by atoms with E-state index in [1.807, 2.05) is 0 Å². The van der Waals surface area contributed by atoms with Crippen molar-refractivity contribution in [2.75, 3.05) is 26.2 Å². The number of carbonyl (C=O) groups is 1. The normalized spacial score (nSPS) is 35.1. The van der Waals surface area contributed by atoms with Crippen LogP contribution in [0.15, 0.2) is 30.3 Å². The molecule has 1 aromatic carbocycles. The van der Waals surface area contributed by atoms with Gasteiger partial charge in [-0.25, -0.2) is 4.39 Å². The van der Waals surface area contributed by atoms with Crippen LogP contribution in [-0.4, -0.2) is 48.7 Å². The molecule has 1 amide bonds. The van der Waals surface area contributed by atoms with Crippen LogP contribution in [0.1, 0.15) is 31.2 Å². The minimum atomic E-state index is -0.202. The minimum absolute atomic E-state index is 0.00333. The van der Waals surface area contributed by atoms with Gasteiger partial charge in [-0.05, 0) is 43.4 Å². The van der Waals surface area contributed by atoms with Crippen molar-refractivity contribution in [3.05, 3.63) is 41.7 Å². The van der Waals surface area contributed by atoms with Crippen LogP contribution in [0.25, 0.3) is 6.08 Å². The van der Waals surface area contributed by atoms with Crippen molar-refractivity contribution in [3.63, 3.8) is 0 Å². The quantitative estimate of drug-likeness (QED) is 0.837. The Kier molecular flexibility index (Phi) is 4.32. The standard InChI is InChI=1S/C22H27FN2O2/c23-17-7-3-15(4-8-17)2-1-11-25-13-19-18(12-24-21(26)16-5-6-16)20-9-10-22(19,14-25)27-20/h1-4,7-8,16,18-20H,5-6,9-14H2,(H,24,26)/t18-,19+,20+,22+/m0/s1. The van der Waals surface area contributed by atoms with E-state index >= 15 is 0 Å². The van der Waals surface area contributed by atoms with Crippen molar-refractivity contribution in [3.8, 4) is 0 Å². The van der Waals surface area contributed by atoms with Gasteiger partial charge in [-0.15, -0.1) is 0 Å². The molecule has 3 saturated heterocycles. The number of ether oxygens (including phenoxy) is 1. The Morgan fingerprint density at radius 1 is 1.30 bits per heavy atom. The molecule has 27 heavy (non-hydrogen) atoms. The summed E-state index contributed by atoms with van der Waals surface area (Å²) >= 11 is 0. The summed E-state index contributed by atoms with van der Waals surface area (Å²) in [5.74, 6) is 1.29. The number of benzene rings is 1. The van der Waals surface area contributed by atoms with E-state index in [9.17, 15) is 9.18 Å². The summed E-state index contributed by atoms with van der Waals surface area (Å²) in [5, 5.41) is 3.18. The average molecular weight is 370 g/mol. The van der Waals surface area contributed by atoms with Crippen LogP contribution in [0.5, 0.6) is 0 Å². The molecule has 5 rings (SSSR count). The SMILES string of the molecule is O=C(NC[C@H]1[C@H]2CN(CC=Cc3ccc(F)cc3)C[C@]23CC[C@H]1O3)C1CC1. The first-order valence-corrected chi connectivity index (χ1v) is 10.2. The van der Waals surface area contributed by atoms with E-state index in [1.54, 1.807) is 12.1 Å². The van der Waals surface area contributed by atoms with Crippen LogP contribution in [-0.2, 0) is 9.53 Å². The lowest BCUT2D eigenvalue weighted by atomic mass is 9.73. The first-order chi connectivity index (χ1) is 13.1. The van der Waals surface area contributed by atoms with Gasteiger partial charge in [0.15, 0.2) is 0 Å². The lowest BCUT2D eigenvalue weighted by Crippen LogP contribution is -2.42. The van der Waals surface area contributed by atoms with Gasteiger partial charge < -0.3 is 10.1 Å². The predicted octanol–water partition coefficient (Wildman–Crippen LogP) is 2.84. The van der Waals surface area contributed by atoms with E-state index in [2.05, 4.69) is 22.4 Å². The van der Waals surface area contributed by atoms with Gasteiger partial charge in [0, 0.05) is 43.9 Å². The number of nitrogens with one attached hydrogen (secondary N) is 1. The van der Waals surface area contributed by atoms with Crippen molar-refractivity contribution >= 4 is 12.0 Å². The Hall–Kier alpha value is -1.72. The molecular weight excluding hydrogens is 343 g/mol. The Balaban J connectivity index is 1.19. The van der Waals surface area contributed by atoms with Gasteiger partial charge in [0.25, 0.3) is 0 Å². The molecule has 144 valence electrons. The second kappa shape index (κ2) is 6.71. The topological polar surface area (TPSA) is 41.6 Å². The van der Waals surface area contributed by atoms with Gasteiger partial charge >= 0.3 is 0 Å². The molecule has 4 aliphatic rings. The molecule has 0 unspecified atom stereocenters. The van der Waals surface area contributed by atoms with Crippen LogP contribution in [0.4, 0.5) is 4.39 Å². The highest BCUT2D eigenvalue weighted by molar-refractivity contribution is 5.80. The zero-order valence-corrected chi connectivity index (χ0v) is 15.6. The van der Waals surface area contributed by atoms with Crippen molar-refractivity contribution in [2.45, 2.75) is 37.4 Å². The van der Waals surface area contributed by atoms with E-state index < -0.39 is 0 Å². The maximum atomic E-state index is 13.0. The average Bonchev–Trinajstić information content (AvgIpc) is 3.26. The van der Waals surface area contributed by atoms with Crippen LogP contribution in [0, 0.1) is 23.6 Å². The van der Waals surface area contributed by atoms with Gasteiger partial charge in [0.2, 0.25) is 5.91 Å². The number of amides is 1. The Bertz CT molecular complexity index is 745. The van der Waals surface area contributed by atoms with E-state index in [4.69, 9.17) is 4.74 Å². The smallest absolute Gasteiger partial charge is 0.223 e. The molecule has 2 bridgehead atoms. The van der Waals surface area contributed by atoms with Gasteiger partial charge in [-0.3, -0.25) is 9.69 Å². The molecule has 1 aliphatic carbocycles. The molecule has 1 spiro atoms. The Morgan fingerprint density at radius 3 is 2.89 bits per heavy atom. The molecule has 4 fully saturated rings. The third kappa shape index (κ3) is 3.32. The Morgan fingerprint density at radius 2 is 2.11 bits per heavy atom. The van der Waals surface area contributed by atoms with Crippen LogP contribution < -0.4 is 5.32 Å². The van der Waals surface area contributed by atoms with E-state index in [0.29, 0.717) is 17.9 Å². The summed E-state index contributed by atoms with van der Waals surface area (Å²) in [6.07, 6.45) is 8.91. The number of carbonyl (C=O) groups excluding carboxylic acids is 1. The molecule has 1 saturated carbocycles. The van der Waals surface area contributed by atoms with Crippen molar-refractivity contribution < 1.29 is 13.9 Å². The predicted molar refractivity (Wildman–Crippen MR) is 101 cm³/mol. The maximum absolute atomic E-state index is 13.0. The van der Waals surface area contributed by atoms with Crippen LogP contribution in [0.3, 0.4) is 0 Å². The first kappa shape index (κ1) is 17.4. The summed E-state index contributed by atoms with van der Waals surface area (Å²) in [6, 6.07) is 6.58. The van der Waals surface area contributed by atoms with Crippen molar-refractivity contribution in [2.24, 2.45) is 17.8 Å². The minimum Gasteiger partial charge on any atom is -0.370 e. The molecule has 0 aromatic heterocycles. The Labute approximate surface area is 159 Å². The number of hydrogen-bond acceptors (Lipinski definition) is 3. The molecule has 3 heterocycles. The number of nitrogens with zero attached hydrogens (tertiary/aromatic N) is 1. The van der Waals surface area contributed by atoms with E-state index in [0.717, 1.165) is 57.4 Å². The summed E-state index contributed by atoms with van der Waals surface area (Å²) in [4.78, 5) is 14.5. The molecule has 0 radical (unpaired) electrons. The zero-order chi connectivity index (χ0) is 18.4. The van der Waals surface area contributed by atoms with Gasteiger partial charge in [0.1, 0.15) is 5.82 Å². The summed E-state index contributed by atoms with van der Waals surface area (Å²) in [5.41, 5.74) is 1.02. The third-order valence-electron chi connectivity index (χ3n) is 6.86. The number of rotatable bonds is 6. The molecule has 1 N–H and O–H groups in total. The monoisotopic (exact) mass is 370 g/mol. The van der Waals surface area contributed by atoms with Crippen molar-refractivity contribution in [1.82, 2.24) is 10.2 Å². The van der Waals surface area contributed by atoms with Crippen molar-refractivity contribution in [1.29, 1.82) is 0 Å². The summed E-state index contributed by atoms with van der Waals surface area (Å²) in [7, 11) is 0. The lowest BCUT2D eigenvalue weighted by molar-refractivity contribution is -0.122. The lowest BCUT2D eigenvalue weighted by Gasteiger charge is -2.29. The van der Waals surface area contributed by atoms with Crippen LogP contribution >= 0.6 is 0 Å². The third-order valence-corrected chi connectivity index (χ3v) is 6.86. The molecule has 4 nitrogen and oxygen atoms in total. The largest absolute Gasteiger partial charge is 0.370 e. The van der Waals surface area contributed by atoms with Crippen LogP contribution in [0.2, 0.25) is 0 Å². The number of hydrogen-bond donors (Lipinski definition) is 1. The number of halogens is 1. The van der Waals surface area contributed by atoms with E-state index in [-0.39, 0.29) is 23.2 Å². The molecular formula is C22H27FN2O2. The second-order valence-corrected chi connectivity index (χ2v) is 8.70. The van der Waals surface area contributed by atoms with Gasteiger partial charge in [-0.2, -0.15) is 0 Å². The molecule has 5 heteroatoms. The zero-order valence-electron chi connectivity index (χ0n) is 15.6. The summed E-state index contributed by atoms with van der Waals surface area (Å²) < 4.78 is 19.4. The fourth-order valence-electron chi connectivity index (χ4n) is 5.32. The fourth-order valence-corrected chi connectivity index (χ4v) is 5.32. The number of likely N-dealkylation sites (tertiary alicyclic amines) is 1. The number of fused-ring (bicyclic) bond motifs is 1. The highest BCUT2D eigenvalue weighted by atomic mass is 19.1. The second-order valence-electron chi connectivity index (χ2n) is 8.70. The van der Waals surface area contributed by atoms with E-state index in [1.165, 1.54) is 12.1 Å². The summed E-state index contributed by atoms with van der Waals surface area (Å²) in [6.45, 7) is 3.67. The first-order valence-electron chi connectivity index (χ1n) is 10.2. The fraction of sp³-hybridized carbons (Fsp3) is 0.591. The maximum Gasteiger partial charge on any atom is 0.223 e. The highest BCUT2D eigenvalue weighted by Gasteiger charge is 2.62.